The highest BCUT2D eigenvalue weighted by Crippen LogP contribution is 2.18. The first-order valence-electron chi connectivity index (χ1n) is 8.53. The summed E-state index contributed by atoms with van der Waals surface area (Å²) in [4.78, 5) is 46.9. The Morgan fingerprint density at radius 3 is 2.03 bits per heavy atom. The van der Waals surface area contributed by atoms with Gasteiger partial charge in [-0.15, -0.1) is 0 Å². The van der Waals surface area contributed by atoms with E-state index in [1.54, 1.807) is 36.4 Å². The topological polar surface area (TPSA) is 164 Å². The summed E-state index contributed by atoms with van der Waals surface area (Å²) in [6.07, 6.45) is 0. The van der Waals surface area contributed by atoms with Crippen LogP contribution in [0.4, 0.5) is 21.9 Å². The molecule has 4 amide bonds. The van der Waals surface area contributed by atoms with E-state index in [-0.39, 0.29) is 11.3 Å². The number of nitrogens with two attached hydrogens (primary N) is 1. The molecular formula is C20H16N4O6. The number of carbonyl (C=O) groups is 3. The predicted octanol–water partition coefficient (Wildman–Crippen LogP) is 2.34. The van der Waals surface area contributed by atoms with E-state index in [2.05, 4.69) is 16.0 Å². The molecule has 0 fully saturated rings. The number of primary amides is 1. The molecule has 0 bridgehead atoms. The van der Waals surface area contributed by atoms with Gasteiger partial charge in [0.05, 0.1) is 6.07 Å². The number of hydrogen-bond acceptors (Lipinski definition) is 6. The second kappa shape index (κ2) is 8.61. The maximum absolute atomic E-state index is 12.5. The lowest BCUT2D eigenvalue weighted by Crippen LogP contribution is -2.20. The molecule has 10 nitrogen and oxygen atoms in total. The largest absolute Gasteiger partial charge is 0.508 e. The summed E-state index contributed by atoms with van der Waals surface area (Å²) in [5.41, 5.74) is 5.53. The molecule has 3 aromatic rings. The highest BCUT2D eigenvalue weighted by molar-refractivity contribution is 6.06. The smallest absolute Gasteiger partial charge is 0.340 e. The maximum atomic E-state index is 12.5. The van der Waals surface area contributed by atoms with Gasteiger partial charge in [-0.1, -0.05) is 12.1 Å². The van der Waals surface area contributed by atoms with Gasteiger partial charge in [-0.3, -0.25) is 9.59 Å². The Morgan fingerprint density at radius 1 is 0.800 bits per heavy atom. The first-order valence-corrected chi connectivity index (χ1v) is 8.53. The summed E-state index contributed by atoms with van der Waals surface area (Å²) in [5, 5.41) is 17.0. The molecule has 0 saturated heterocycles. The fourth-order valence-corrected chi connectivity index (χ4v) is 2.53. The Labute approximate surface area is 169 Å². The Kier molecular flexibility index (Phi) is 5.78. The first kappa shape index (κ1) is 20.1. The van der Waals surface area contributed by atoms with Crippen LogP contribution in [0.2, 0.25) is 0 Å². The van der Waals surface area contributed by atoms with Crippen molar-refractivity contribution in [3.8, 4) is 5.75 Å². The van der Waals surface area contributed by atoms with E-state index in [0.29, 0.717) is 17.1 Å². The molecule has 152 valence electrons. The number of hydrogen-bond donors (Lipinski definition) is 5. The van der Waals surface area contributed by atoms with Crippen LogP contribution >= 0.6 is 0 Å². The van der Waals surface area contributed by atoms with Crippen molar-refractivity contribution in [1.82, 2.24) is 0 Å². The van der Waals surface area contributed by atoms with Crippen LogP contribution in [0.25, 0.3) is 0 Å². The summed E-state index contributed by atoms with van der Waals surface area (Å²) in [5.74, 6) is -1.97. The minimum absolute atomic E-state index is 0.275. The molecule has 10 heteroatoms. The average molecular weight is 408 g/mol. The van der Waals surface area contributed by atoms with Crippen LogP contribution in [0.15, 0.2) is 69.9 Å². The normalized spacial score (nSPS) is 10.1. The summed E-state index contributed by atoms with van der Waals surface area (Å²) in [7, 11) is 0. The van der Waals surface area contributed by atoms with Crippen LogP contribution < -0.4 is 27.3 Å². The van der Waals surface area contributed by atoms with Crippen molar-refractivity contribution in [1.29, 1.82) is 0 Å². The van der Waals surface area contributed by atoms with Crippen LogP contribution in [0, 0.1) is 0 Å². The van der Waals surface area contributed by atoms with Gasteiger partial charge in [0.1, 0.15) is 5.75 Å². The molecule has 0 spiro atoms. The third kappa shape index (κ3) is 5.23. The molecule has 3 rings (SSSR count). The van der Waals surface area contributed by atoms with Crippen molar-refractivity contribution in [2.45, 2.75) is 0 Å². The number of anilines is 3. The Hall–Kier alpha value is -4.60. The van der Waals surface area contributed by atoms with Gasteiger partial charge >= 0.3 is 11.7 Å². The number of aromatic hydroxyl groups is 1. The van der Waals surface area contributed by atoms with Gasteiger partial charge in [0.25, 0.3) is 11.8 Å². The molecule has 1 aromatic heterocycles. The zero-order chi connectivity index (χ0) is 21.7. The highest BCUT2D eigenvalue weighted by atomic mass is 16.4. The number of carbonyl (C=O) groups excluding carboxylic acids is 3. The number of nitrogens with one attached hydrogen (secondary N) is 3. The van der Waals surface area contributed by atoms with E-state index in [0.717, 1.165) is 12.1 Å². The third-order valence-corrected chi connectivity index (χ3v) is 3.75. The van der Waals surface area contributed by atoms with E-state index in [9.17, 15) is 24.3 Å². The summed E-state index contributed by atoms with van der Waals surface area (Å²) < 4.78 is 4.75. The number of amides is 4. The lowest BCUT2D eigenvalue weighted by molar-refractivity contribution is 0.0990. The maximum Gasteiger partial charge on any atom is 0.340 e. The quantitative estimate of drug-likeness (QED) is 0.435. The Bertz CT molecular complexity index is 1190. The first-order chi connectivity index (χ1) is 14.3. The van der Waals surface area contributed by atoms with Gasteiger partial charge in [-0.05, 0) is 36.4 Å². The zero-order valence-electron chi connectivity index (χ0n) is 15.3. The van der Waals surface area contributed by atoms with Crippen molar-refractivity contribution < 1.29 is 23.9 Å². The van der Waals surface area contributed by atoms with Crippen LogP contribution in [-0.4, -0.2) is 23.0 Å². The van der Waals surface area contributed by atoms with Gasteiger partial charge in [-0.25, -0.2) is 9.59 Å². The fraction of sp³-hybridized carbons (Fsp3) is 0. The zero-order valence-corrected chi connectivity index (χ0v) is 15.3. The minimum Gasteiger partial charge on any atom is -0.508 e. The molecule has 2 aromatic carbocycles. The highest BCUT2D eigenvalue weighted by Gasteiger charge is 2.13. The monoisotopic (exact) mass is 408 g/mol. The summed E-state index contributed by atoms with van der Waals surface area (Å²) in [6.45, 7) is 0. The molecule has 1 heterocycles. The molecule has 0 aliphatic heterocycles. The van der Waals surface area contributed by atoms with E-state index in [4.69, 9.17) is 10.2 Å². The lowest BCUT2D eigenvalue weighted by Gasteiger charge is -2.09. The number of benzene rings is 2. The summed E-state index contributed by atoms with van der Waals surface area (Å²) in [6, 6.07) is 13.5. The molecule has 0 unspecified atom stereocenters. The van der Waals surface area contributed by atoms with Crippen LogP contribution in [0.3, 0.4) is 0 Å². The number of urea groups is 1. The molecule has 0 radical (unpaired) electrons. The SMILES string of the molecule is NC(=O)Nc1cccc(C(=O)Nc2cccc(NC(=O)c3cc(O)cc(=O)o3)c2)c1. The summed E-state index contributed by atoms with van der Waals surface area (Å²) >= 11 is 0. The van der Waals surface area contributed by atoms with Crippen molar-refractivity contribution in [2.75, 3.05) is 16.0 Å². The van der Waals surface area contributed by atoms with Crippen molar-refractivity contribution in [3.05, 3.63) is 82.4 Å². The Balaban J connectivity index is 1.72. The van der Waals surface area contributed by atoms with Crippen molar-refractivity contribution in [3.63, 3.8) is 0 Å². The third-order valence-electron chi connectivity index (χ3n) is 3.75. The van der Waals surface area contributed by atoms with E-state index < -0.39 is 29.2 Å². The molecule has 0 aliphatic carbocycles. The molecular weight excluding hydrogens is 392 g/mol. The van der Waals surface area contributed by atoms with Gasteiger partial charge in [-0.2, -0.15) is 0 Å². The van der Waals surface area contributed by atoms with Gasteiger partial charge < -0.3 is 31.2 Å². The van der Waals surface area contributed by atoms with Gasteiger partial charge in [0.2, 0.25) is 0 Å². The molecule has 0 saturated carbocycles. The predicted molar refractivity (Wildman–Crippen MR) is 109 cm³/mol. The van der Waals surface area contributed by atoms with E-state index >= 15 is 0 Å². The van der Waals surface area contributed by atoms with Crippen LogP contribution in [0.1, 0.15) is 20.9 Å². The molecule has 0 atom stereocenters. The van der Waals surface area contributed by atoms with Crippen LogP contribution in [0.5, 0.6) is 5.75 Å². The second-order valence-electron chi connectivity index (χ2n) is 6.06. The fourth-order valence-electron chi connectivity index (χ4n) is 2.53. The van der Waals surface area contributed by atoms with Crippen LogP contribution in [-0.2, 0) is 0 Å². The van der Waals surface area contributed by atoms with E-state index in [1.807, 2.05) is 0 Å². The van der Waals surface area contributed by atoms with E-state index in [1.165, 1.54) is 12.1 Å². The average Bonchev–Trinajstić information content (AvgIpc) is 2.67. The molecule has 0 aliphatic rings. The molecule has 30 heavy (non-hydrogen) atoms. The van der Waals surface area contributed by atoms with Gasteiger partial charge in [0.15, 0.2) is 5.76 Å². The second-order valence-corrected chi connectivity index (χ2v) is 6.06. The Morgan fingerprint density at radius 2 is 1.40 bits per heavy atom. The standard InChI is InChI=1S/C20H16N4O6/c21-20(29)24-12-4-1-3-11(7-12)18(27)22-13-5-2-6-14(8-13)23-19(28)16-9-15(25)10-17(26)30-16/h1-10,25H,(H,22,27)(H,23,28)(H3,21,24,29). The number of rotatable bonds is 5. The molecule has 6 N–H and O–H groups in total. The lowest BCUT2D eigenvalue weighted by atomic mass is 10.1. The van der Waals surface area contributed by atoms with Crippen molar-refractivity contribution in [2.24, 2.45) is 5.73 Å². The minimum atomic E-state index is -0.866. The van der Waals surface area contributed by atoms with Crippen molar-refractivity contribution >= 4 is 34.9 Å². The van der Waals surface area contributed by atoms with Gasteiger partial charge in [0, 0.05) is 28.7 Å².